The number of benzene rings is 1. The summed E-state index contributed by atoms with van der Waals surface area (Å²) in [6.07, 6.45) is 6.79. The second-order valence-corrected chi connectivity index (χ2v) is 9.59. The molecule has 2 aliphatic rings. The largest absolute Gasteiger partial charge is 0.487 e. The van der Waals surface area contributed by atoms with Gasteiger partial charge in [-0.15, -0.1) is 0 Å². The van der Waals surface area contributed by atoms with E-state index in [1.807, 2.05) is 6.07 Å². The van der Waals surface area contributed by atoms with Crippen LogP contribution in [-0.2, 0) is 4.74 Å². The quantitative estimate of drug-likeness (QED) is 0.500. The molecule has 0 spiro atoms. The molecular formula is C25H32N4O2S. The average molecular weight is 453 g/mol. The van der Waals surface area contributed by atoms with E-state index in [4.69, 9.17) is 14.5 Å². The predicted molar refractivity (Wildman–Crippen MR) is 131 cm³/mol. The third-order valence-corrected chi connectivity index (χ3v) is 7.82. The molecule has 5 rings (SSSR count). The van der Waals surface area contributed by atoms with Gasteiger partial charge in [0.2, 0.25) is 0 Å². The predicted octanol–water partition coefficient (Wildman–Crippen LogP) is 5.04. The molecule has 1 unspecified atom stereocenters. The van der Waals surface area contributed by atoms with Crippen molar-refractivity contribution < 1.29 is 9.47 Å². The maximum absolute atomic E-state index is 6.24. The summed E-state index contributed by atoms with van der Waals surface area (Å²) >= 11 is 1.60. The van der Waals surface area contributed by atoms with Crippen molar-refractivity contribution in [1.29, 1.82) is 0 Å². The van der Waals surface area contributed by atoms with Crippen LogP contribution in [0.5, 0.6) is 5.06 Å². The Labute approximate surface area is 194 Å². The van der Waals surface area contributed by atoms with Gasteiger partial charge in [0, 0.05) is 44.3 Å². The summed E-state index contributed by atoms with van der Waals surface area (Å²) in [4.78, 5) is 15.3. The minimum absolute atomic E-state index is 0.260. The normalized spacial score (nSPS) is 19.0. The van der Waals surface area contributed by atoms with Gasteiger partial charge in [-0.05, 0) is 38.2 Å². The first-order chi connectivity index (χ1) is 15.8. The number of hydrogen-bond acceptors (Lipinski definition) is 7. The van der Waals surface area contributed by atoms with Crippen LogP contribution in [0.2, 0.25) is 0 Å². The molecule has 0 N–H and O–H groups in total. The van der Waals surface area contributed by atoms with E-state index in [1.165, 1.54) is 25.9 Å². The number of methoxy groups -OCH3 is 1. The van der Waals surface area contributed by atoms with Crippen molar-refractivity contribution in [3.05, 3.63) is 36.7 Å². The molecule has 2 saturated heterocycles. The van der Waals surface area contributed by atoms with E-state index in [0.717, 1.165) is 64.8 Å². The van der Waals surface area contributed by atoms with Crippen molar-refractivity contribution in [2.75, 3.05) is 44.8 Å². The molecule has 32 heavy (non-hydrogen) atoms. The van der Waals surface area contributed by atoms with Crippen molar-refractivity contribution in [1.82, 2.24) is 14.9 Å². The van der Waals surface area contributed by atoms with Crippen LogP contribution in [0.25, 0.3) is 21.3 Å². The first-order valence-electron chi connectivity index (χ1n) is 11.8. The van der Waals surface area contributed by atoms with Gasteiger partial charge in [0.25, 0.3) is 0 Å². The average Bonchev–Trinajstić information content (AvgIpc) is 3.51. The number of hydrogen-bond donors (Lipinski definition) is 0. The molecule has 170 valence electrons. The Kier molecular flexibility index (Phi) is 6.57. The van der Waals surface area contributed by atoms with Crippen molar-refractivity contribution in [3.63, 3.8) is 0 Å². The van der Waals surface area contributed by atoms with Crippen LogP contribution in [0.1, 0.15) is 32.6 Å². The van der Waals surface area contributed by atoms with Crippen LogP contribution in [-0.4, -0.2) is 61.0 Å². The van der Waals surface area contributed by atoms with Gasteiger partial charge in [-0.1, -0.05) is 41.7 Å². The molecule has 3 aromatic rings. The lowest BCUT2D eigenvalue weighted by Crippen LogP contribution is -2.46. The highest BCUT2D eigenvalue weighted by atomic mass is 32.1. The van der Waals surface area contributed by atoms with Gasteiger partial charge in [-0.3, -0.25) is 4.90 Å². The summed E-state index contributed by atoms with van der Waals surface area (Å²) in [6, 6.07) is 10.5. The van der Waals surface area contributed by atoms with E-state index >= 15 is 0 Å². The molecule has 1 atom stereocenters. The third kappa shape index (κ3) is 4.09. The highest BCUT2D eigenvalue weighted by Crippen LogP contribution is 2.47. The minimum atomic E-state index is 0.260. The SMILES string of the molecule is CCOC(C1CCN(c2ncnc3sc(OC)c(-c4ccccc4)c23)CC1)N1CCCC1. The smallest absolute Gasteiger partial charge is 0.184 e. The van der Waals surface area contributed by atoms with Crippen LogP contribution in [0.4, 0.5) is 5.82 Å². The number of piperidine rings is 1. The molecule has 0 aliphatic carbocycles. The zero-order valence-corrected chi connectivity index (χ0v) is 19.8. The summed E-state index contributed by atoms with van der Waals surface area (Å²) in [6.45, 7) is 7.22. The number of nitrogens with zero attached hydrogens (tertiary/aromatic N) is 4. The highest BCUT2D eigenvalue weighted by Gasteiger charge is 2.33. The lowest BCUT2D eigenvalue weighted by atomic mass is 9.93. The number of likely N-dealkylation sites (tertiary alicyclic amines) is 1. The molecule has 0 amide bonds. The molecule has 0 bridgehead atoms. The Balaban J connectivity index is 1.43. The zero-order valence-electron chi connectivity index (χ0n) is 19.0. The maximum Gasteiger partial charge on any atom is 0.184 e. The number of thiophene rings is 1. The van der Waals surface area contributed by atoms with Crippen LogP contribution in [0.3, 0.4) is 0 Å². The topological polar surface area (TPSA) is 50.7 Å². The molecule has 2 fully saturated rings. The Morgan fingerprint density at radius 3 is 2.50 bits per heavy atom. The van der Waals surface area contributed by atoms with Crippen molar-refractivity contribution in [2.24, 2.45) is 5.92 Å². The van der Waals surface area contributed by atoms with Gasteiger partial charge >= 0.3 is 0 Å². The minimum Gasteiger partial charge on any atom is -0.487 e. The van der Waals surface area contributed by atoms with Gasteiger partial charge in [-0.2, -0.15) is 0 Å². The van der Waals surface area contributed by atoms with Gasteiger partial charge in [0.05, 0.1) is 12.5 Å². The summed E-state index contributed by atoms with van der Waals surface area (Å²) in [5, 5.41) is 2.01. The van der Waals surface area contributed by atoms with E-state index in [2.05, 4.69) is 46.0 Å². The Morgan fingerprint density at radius 2 is 1.81 bits per heavy atom. The van der Waals surface area contributed by atoms with Crippen LogP contribution in [0, 0.1) is 5.92 Å². The Morgan fingerprint density at radius 1 is 1.06 bits per heavy atom. The first kappa shape index (κ1) is 21.6. The summed E-state index contributed by atoms with van der Waals surface area (Å²) < 4.78 is 12.0. The molecule has 6 nitrogen and oxygen atoms in total. The Bertz CT molecular complexity index is 1030. The van der Waals surface area contributed by atoms with E-state index in [1.54, 1.807) is 24.8 Å². The molecule has 7 heteroatoms. The fourth-order valence-electron chi connectivity index (χ4n) is 5.25. The van der Waals surface area contributed by atoms with Gasteiger partial charge in [0.15, 0.2) is 5.06 Å². The number of aromatic nitrogens is 2. The van der Waals surface area contributed by atoms with E-state index in [9.17, 15) is 0 Å². The molecule has 0 saturated carbocycles. The molecule has 0 radical (unpaired) electrons. The van der Waals surface area contributed by atoms with E-state index in [0.29, 0.717) is 5.92 Å². The van der Waals surface area contributed by atoms with Crippen LogP contribution < -0.4 is 9.64 Å². The summed E-state index contributed by atoms with van der Waals surface area (Å²) in [5.41, 5.74) is 2.25. The molecule has 2 aromatic heterocycles. The lowest BCUT2D eigenvalue weighted by Gasteiger charge is -2.40. The van der Waals surface area contributed by atoms with Crippen LogP contribution >= 0.6 is 11.3 Å². The Hall–Kier alpha value is -2.22. The molecule has 1 aromatic carbocycles. The number of anilines is 1. The standard InChI is InChI=1S/C25H32N4O2S/c1-3-31-24(29-13-7-8-14-29)19-11-15-28(16-12-19)22-21-20(18-9-5-4-6-10-18)25(30-2)32-23(21)27-17-26-22/h4-6,9-10,17,19,24H,3,7-8,11-16H2,1-2H3. The fraction of sp³-hybridized carbons (Fsp3) is 0.520. The van der Waals surface area contributed by atoms with Gasteiger partial charge in [-0.25, -0.2) is 9.97 Å². The molecular weight excluding hydrogens is 420 g/mol. The van der Waals surface area contributed by atoms with Crippen molar-refractivity contribution in [3.8, 4) is 16.2 Å². The van der Waals surface area contributed by atoms with Crippen molar-refractivity contribution >= 4 is 27.4 Å². The summed E-state index contributed by atoms with van der Waals surface area (Å²) in [5.74, 6) is 1.60. The van der Waals surface area contributed by atoms with Crippen molar-refractivity contribution in [2.45, 2.75) is 38.8 Å². The molecule has 4 heterocycles. The summed E-state index contributed by atoms with van der Waals surface area (Å²) in [7, 11) is 1.74. The fourth-order valence-corrected chi connectivity index (χ4v) is 6.23. The van der Waals surface area contributed by atoms with Crippen LogP contribution in [0.15, 0.2) is 36.7 Å². The van der Waals surface area contributed by atoms with E-state index in [-0.39, 0.29) is 6.23 Å². The highest BCUT2D eigenvalue weighted by molar-refractivity contribution is 7.21. The lowest BCUT2D eigenvalue weighted by molar-refractivity contribution is -0.0858. The van der Waals surface area contributed by atoms with Gasteiger partial charge < -0.3 is 14.4 Å². The second-order valence-electron chi connectivity index (χ2n) is 8.63. The number of rotatable bonds is 7. The van der Waals surface area contributed by atoms with E-state index < -0.39 is 0 Å². The second kappa shape index (κ2) is 9.73. The number of fused-ring (bicyclic) bond motifs is 1. The maximum atomic E-state index is 6.24. The monoisotopic (exact) mass is 452 g/mol. The molecule has 2 aliphatic heterocycles. The number of ether oxygens (including phenoxy) is 2. The third-order valence-electron chi connectivity index (χ3n) is 6.76. The zero-order chi connectivity index (χ0) is 21.9. The van der Waals surface area contributed by atoms with Gasteiger partial charge in [0.1, 0.15) is 23.2 Å². The first-order valence-corrected chi connectivity index (χ1v) is 12.6.